The first-order chi connectivity index (χ1) is 6.68. The minimum absolute atomic E-state index is 0.0644. The van der Waals surface area contributed by atoms with Gasteiger partial charge in [-0.25, -0.2) is 0 Å². The van der Waals surface area contributed by atoms with Crippen LogP contribution >= 0.6 is 0 Å². The molecule has 0 nitrogen and oxygen atoms in total. The summed E-state index contributed by atoms with van der Waals surface area (Å²) in [6, 6.07) is 0. The van der Waals surface area contributed by atoms with Gasteiger partial charge in [-0.2, -0.15) is 0 Å². The molecule has 2 rings (SSSR count). The molecule has 0 radical (unpaired) electrons. The van der Waals surface area contributed by atoms with Gasteiger partial charge in [-0.3, -0.25) is 0 Å². The van der Waals surface area contributed by atoms with Crippen LogP contribution in [0.5, 0.6) is 0 Å². The number of hydrogen-bond acceptors (Lipinski definition) is 0. The van der Waals surface area contributed by atoms with E-state index in [0.717, 1.165) is 3.63 Å². The molecule has 0 aromatic carbocycles. The number of rotatable bonds is 2. The Morgan fingerprint density at radius 1 is 1.29 bits per heavy atom. The van der Waals surface area contributed by atoms with Gasteiger partial charge in [0.05, 0.1) is 0 Å². The van der Waals surface area contributed by atoms with E-state index in [-0.39, 0.29) is 28.3 Å². The van der Waals surface area contributed by atoms with E-state index < -0.39 is 0 Å². The third-order valence-electron chi connectivity index (χ3n) is 3.26. The molecule has 1 atom stereocenters. The van der Waals surface area contributed by atoms with Gasteiger partial charge >= 0.3 is 100 Å². The van der Waals surface area contributed by atoms with Crippen LogP contribution in [-0.4, -0.2) is 5.92 Å². The molecule has 0 aliphatic heterocycles. The van der Waals surface area contributed by atoms with Crippen LogP contribution in [0.15, 0.2) is 22.8 Å². The maximum atomic E-state index is 2.56. The van der Waals surface area contributed by atoms with E-state index in [1.54, 1.807) is 11.1 Å². The van der Waals surface area contributed by atoms with Crippen LogP contribution < -0.4 is 0 Å². The molecule has 0 aromatic heterocycles. The van der Waals surface area contributed by atoms with Gasteiger partial charge in [-0.05, 0) is 0 Å². The van der Waals surface area contributed by atoms with E-state index in [0.29, 0.717) is 0 Å². The summed E-state index contributed by atoms with van der Waals surface area (Å²) >= 11 is -0.0644. The molecule has 0 heterocycles. The van der Waals surface area contributed by atoms with Crippen LogP contribution in [-0.2, 0) is 22.4 Å². The summed E-state index contributed by atoms with van der Waals surface area (Å²) in [4.78, 5) is 0. The van der Waals surface area contributed by atoms with Gasteiger partial charge in [-0.1, -0.05) is 0 Å². The van der Waals surface area contributed by atoms with E-state index >= 15 is 0 Å². The molecular formula is C12H20SiZr. The molecule has 0 bridgehead atoms. The van der Waals surface area contributed by atoms with Crippen molar-refractivity contribution in [1.29, 1.82) is 0 Å². The average molecular weight is 284 g/mol. The fourth-order valence-electron chi connectivity index (χ4n) is 2.64. The Hall–Kier alpha value is 0.580. The topological polar surface area (TPSA) is 0 Å². The number of allylic oxidation sites excluding steroid dienone is 4. The van der Waals surface area contributed by atoms with Gasteiger partial charge in [-0.15, -0.1) is 0 Å². The van der Waals surface area contributed by atoms with Crippen LogP contribution in [0.3, 0.4) is 0 Å². The predicted molar refractivity (Wildman–Crippen MR) is 61.9 cm³/mol. The van der Waals surface area contributed by atoms with Crippen molar-refractivity contribution in [1.82, 2.24) is 0 Å². The minimum atomic E-state index is -0.234. The fraction of sp³-hybridized carbons (Fsp3) is 0.667. The predicted octanol–water partition coefficient (Wildman–Crippen LogP) is 3.67. The second-order valence-electron chi connectivity index (χ2n) is 4.90. The molecule has 0 aromatic rings. The second kappa shape index (κ2) is 4.61. The van der Waals surface area contributed by atoms with E-state index in [4.69, 9.17) is 0 Å². The SMILES string of the molecule is CC1=CC2=C(CCCC2)[CH]1[Zr][SiH](C)C. The molecule has 14 heavy (non-hydrogen) atoms. The van der Waals surface area contributed by atoms with Crippen LogP contribution in [0, 0.1) is 0 Å². The van der Waals surface area contributed by atoms with Crippen molar-refractivity contribution >= 4 is 5.92 Å². The third-order valence-corrected chi connectivity index (χ3v) is 13.6. The van der Waals surface area contributed by atoms with Crippen molar-refractivity contribution in [3.05, 3.63) is 22.8 Å². The molecule has 0 amide bonds. The van der Waals surface area contributed by atoms with Crippen molar-refractivity contribution in [2.24, 2.45) is 0 Å². The zero-order valence-corrected chi connectivity index (χ0v) is 13.2. The Bertz CT molecular complexity index is 289. The summed E-state index contributed by atoms with van der Waals surface area (Å²) in [7, 11) is 0. The third kappa shape index (κ3) is 2.22. The Kier molecular flexibility index (Phi) is 3.65. The Balaban J connectivity index is 2.16. The summed E-state index contributed by atoms with van der Waals surface area (Å²) < 4.78 is 1.04. The summed E-state index contributed by atoms with van der Waals surface area (Å²) in [5, 5.41) is 0. The van der Waals surface area contributed by atoms with Crippen molar-refractivity contribution in [2.75, 3.05) is 0 Å². The normalized spacial score (nSPS) is 26.6. The molecule has 1 unspecified atom stereocenters. The van der Waals surface area contributed by atoms with Crippen molar-refractivity contribution in [3.8, 4) is 0 Å². The van der Waals surface area contributed by atoms with E-state index in [1.165, 1.54) is 25.7 Å². The summed E-state index contributed by atoms with van der Waals surface area (Å²) in [6.07, 6.45) is 8.28. The molecule has 0 spiro atoms. The summed E-state index contributed by atoms with van der Waals surface area (Å²) in [6.45, 7) is 7.50. The molecule has 2 heteroatoms. The maximum absolute atomic E-state index is 2.56. The molecule has 0 fully saturated rings. The van der Waals surface area contributed by atoms with Gasteiger partial charge in [0.15, 0.2) is 0 Å². The van der Waals surface area contributed by atoms with Crippen LogP contribution in [0.1, 0.15) is 32.6 Å². The van der Waals surface area contributed by atoms with Gasteiger partial charge in [0, 0.05) is 0 Å². The van der Waals surface area contributed by atoms with E-state index in [1.807, 2.05) is 5.57 Å². The average Bonchev–Trinajstić information content (AvgIpc) is 2.43. The van der Waals surface area contributed by atoms with E-state index in [2.05, 4.69) is 26.1 Å². The van der Waals surface area contributed by atoms with Crippen LogP contribution in [0.2, 0.25) is 16.7 Å². The Labute approximate surface area is 100.0 Å². The van der Waals surface area contributed by atoms with Crippen molar-refractivity contribution in [2.45, 2.75) is 49.3 Å². The van der Waals surface area contributed by atoms with Gasteiger partial charge in [0.25, 0.3) is 0 Å². The summed E-state index contributed by atoms with van der Waals surface area (Å²) in [5.41, 5.74) is 5.40. The molecule has 0 saturated heterocycles. The van der Waals surface area contributed by atoms with Crippen LogP contribution in [0.4, 0.5) is 0 Å². The second-order valence-corrected chi connectivity index (χ2v) is 19.9. The monoisotopic (exact) mass is 282 g/mol. The molecular weight excluding hydrogens is 263 g/mol. The molecule has 0 saturated carbocycles. The zero-order chi connectivity index (χ0) is 10.1. The molecule has 2 aliphatic rings. The van der Waals surface area contributed by atoms with E-state index in [9.17, 15) is 0 Å². The number of hydrogen-bond donors (Lipinski definition) is 0. The standard InChI is InChI=1S/C10H13.C2H7Si.Zr/c1-8-6-9-4-2-3-5-10(9)7-8;1-3-2;/h6-7H,2-5H2,1H3;3H,1-2H3;. The van der Waals surface area contributed by atoms with Gasteiger partial charge in [0.2, 0.25) is 0 Å². The Morgan fingerprint density at radius 3 is 2.71 bits per heavy atom. The van der Waals surface area contributed by atoms with Crippen molar-refractivity contribution < 1.29 is 22.4 Å². The molecule has 76 valence electrons. The quantitative estimate of drug-likeness (QED) is 0.678. The molecule has 0 N–H and O–H groups in total. The van der Waals surface area contributed by atoms with Gasteiger partial charge < -0.3 is 0 Å². The van der Waals surface area contributed by atoms with Crippen molar-refractivity contribution in [3.63, 3.8) is 0 Å². The fourth-order valence-corrected chi connectivity index (χ4v) is 13.1. The summed E-state index contributed by atoms with van der Waals surface area (Å²) in [5.74, 6) is -0.234. The first-order valence-corrected chi connectivity index (χ1v) is 14.4. The molecule has 2 aliphatic carbocycles. The van der Waals surface area contributed by atoms with Gasteiger partial charge in [0.1, 0.15) is 0 Å². The Morgan fingerprint density at radius 2 is 2.00 bits per heavy atom. The first-order valence-electron chi connectivity index (χ1n) is 5.84. The zero-order valence-electron chi connectivity index (χ0n) is 9.56. The van der Waals surface area contributed by atoms with Crippen LogP contribution in [0.25, 0.3) is 0 Å². The first kappa shape index (κ1) is 11.1.